The van der Waals surface area contributed by atoms with Gasteiger partial charge in [0.25, 0.3) is 0 Å². The van der Waals surface area contributed by atoms with E-state index in [0.717, 1.165) is 36.8 Å². The maximum atomic E-state index is 5.38. The molecule has 3 rings (SSSR count). The molecule has 21 heavy (non-hydrogen) atoms. The van der Waals surface area contributed by atoms with E-state index in [4.69, 9.17) is 9.72 Å². The van der Waals surface area contributed by atoms with Gasteiger partial charge in [0.05, 0.1) is 18.5 Å². The predicted octanol–water partition coefficient (Wildman–Crippen LogP) is 2.82. The Labute approximate surface area is 126 Å². The first-order valence-electron chi connectivity index (χ1n) is 7.47. The van der Waals surface area contributed by atoms with Crippen molar-refractivity contribution in [1.82, 2.24) is 14.9 Å². The molecule has 2 aromatic rings. The number of nitrogens with zero attached hydrogens (tertiary/aromatic N) is 2. The van der Waals surface area contributed by atoms with Crippen LogP contribution in [-0.2, 0) is 18.4 Å². The highest BCUT2D eigenvalue weighted by atomic mass is 16.5. The fraction of sp³-hybridized carbons (Fsp3) is 0.471. The fourth-order valence-electron chi connectivity index (χ4n) is 2.84. The van der Waals surface area contributed by atoms with Crippen LogP contribution in [0.1, 0.15) is 38.0 Å². The van der Waals surface area contributed by atoms with Crippen molar-refractivity contribution in [1.29, 1.82) is 0 Å². The zero-order valence-electron chi connectivity index (χ0n) is 13.2. The molecule has 0 spiro atoms. The standard InChI is InChI=1S/C17H23N3O/c1-17(2,3)16-19-14-11-18-9-8-15(14)20(16)12-6-5-7-13(10-12)21-4/h5-7,10,18H,8-9,11H2,1-4H3. The first-order valence-corrected chi connectivity index (χ1v) is 7.47. The number of aromatic nitrogens is 2. The number of hydrogen-bond acceptors (Lipinski definition) is 3. The monoisotopic (exact) mass is 285 g/mol. The lowest BCUT2D eigenvalue weighted by molar-refractivity contribution is 0.414. The number of ether oxygens (including phenoxy) is 1. The molecule has 1 aromatic heterocycles. The van der Waals surface area contributed by atoms with E-state index in [1.54, 1.807) is 7.11 Å². The average Bonchev–Trinajstić information content (AvgIpc) is 2.87. The molecule has 1 N–H and O–H groups in total. The van der Waals surface area contributed by atoms with Gasteiger partial charge in [0.1, 0.15) is 11.6 Å². The van der Waals surface area contributed by atoms with Gasteiger partial charge in [0.15, 0.2) is 0 Å². The summed E-state index contributed by atoms with van der Waals surface area (Å²) in [6, 6.07) is 8.22. The first-order chi connectivity index (χ1) is 10.0. The minimum atomic E-state index is 0.000413. The molecule has 0 unspecified atom stereocenters. The summed E-state index contributed by atoms with van der Waals surface area (Å²) in [6.07, 6.45) is 1.01. The number of benzene rings is 1. The van der Waals surface area contributed by atoms with Gasteiger partial charge in [-0.25, -0.2) is 4.98 Å². The molecular weight excluding hydrogens is 262 g/mol. The van der Waals surface area contributed by atoms with E-state index in [-0.39, 0.29) is 5.41 Å². The van der Waals surface area contributed by atoms with Crippen LogP contribution in [0.25, 0.3) is 5.69 Å². The Morgan fingerprint density at radius 1 is 1.29 bits per heavy atom. The van der Waals surface area contributed by atoms with Crippen molar-refractivity contribution in [2.45, 2.75) is 39.2 Å². The smallest absolute Gasteiger partial charge is 0.120 e. The van der Waals surface area contributed by atoms with Crippen molar-refractivity contribution < 1.29 is 4.74 Å². The lowest BCUT2D eigenvalue weighted by atomic mass is 9.95. The highest BCUT2D eigenvalue weighted by molar-refractivity contribution is 5.44. The third-order valence-electron chi connectivity index (χ3n) is 3.87. The minimum absolute atomic E-state index is 0.000413. The van der Waals surface area contributed by atoms with Gasteiger partial charge in [-0.15, -0.1) is 0 Å². The molecule has 0 saturated heterocycles. The van der Waals surface area contributed by atoms with Gasteiger partial charge < -0.3 is 10.1 Å². The zero-order valence-corrected chi connectivity index (χ0v) is 13.2. The van der Waals surface area contributed by atoms with Gasteiger partial charge in [-0.05, 0) is 12.1 Å². The number of nitrogens with one attached hydrogen (secondary N) is 1. The largest absolute Gasteiger partial charge is 0.497 e. The summed E-state index contributed by atoms with van der Waals surface area (Å²) in [7, 11) is 1.71. The number of imidazole rings is 1. The van der Waals surface area contributed by atoms with E-state index in [1.165, 1.54) is 11.4 Å². The third-order valence-corrected chi connectivity index (χ3v) is 3.87. The molecule has 1 aromatic carbocycles. The summed E-state index contributed by atoms with van der Waals surface area (Å²) >= 11 is 0. The van der Waals surface area contributed by atoms with E-state index in [0.29, 0.717) is 0 Å². The second-order valence-corrected chi connectivity index (χ2v) is 6.54. The van der Waals surface area contributed by atoms with E-state index < -0.39 is 0 Å². The minimum Gasteiger partial charge on any atom is -0.497 e. The van der Waals surface area contributed by atoms with Crippen LogP contribution >= 0.6 is 0 Å². The van der Waals surface area contributed by atoms with Crippen molar-refractivity contribution in [3.05, 3.63) is 41.5 Å². The van der Waals surface area contributed by atoms with Crippen LogP contribution in [0, 0.1) is 0 Å². The molecule has 1 aliphatic heterocycles. The SMILES string of the molecule is COc1cccc(-n2c(C(C)(C)C)nc3c2CCNC3)c1. The molecule has 2 heterocycles. The Bertz CT molecular complexity index is 653. The summed E-state index contributed by atoms with van der Waals surface area (Å²) in [5, 5.41) is 3.41. The second-order valence-electron chi connectivity index (χ2n) is 6.54. The Morgan fingerprint density at radius 2 is 2.10 bits per heavy atom. The highest BCUT2D eigenvalue weighted by Crippen LogP contribution is 2.30. The number of hydrogen-bond donors (Lipinski definition) is 1. The Balaban J connectivity index is 2.21. The molecule has 0 atom stereocenters. The van der Waals surface area contributed by atoms with Gasteiger partial charge in [-0.1, -0.05) is 26.8 Å². The van der Waals surface area contributed by atoms with Crippen LogP contribution in [0.5, 0.6) is 5.75 Å². The Morgan fingerprint density at radius 3 is 2.81 bits per heavy atom. The quantitative estimate of drug-likeness (QED) is 0.922. The van der Waals surface area contributed by atoms with E-state index in [1.807, 2.05) is 12.1 Å². The molecule has 0 amide bonds. The van der Waals surface area contributed by atoms with Gasteiger partial charge in [-0.3, -0.25) is 4.57 Å². The van der Waals surface area contributed by atoms with Crippen molar-refractivity contribution in [2.24, 2.45) is 0 Å². The highest BCUT2D eigenvalue weighted by Gasteiger charge is 2.27. The summed E-state index contributed by atoms with van der Waals surface area (Å²) in [6.45, 7) is 8.50. The normalized spacial score (nSPS) is 14.9. The molecular formula is C17H23N3O. The predicted molar refractivity (Wildman–Crippen MR) is 84.2 cm³/mol. The van der Waals surface area contributed by atoms with Crippen molar-refractivity contribution in [3.63, 3.8) is 0 Å². The molecule has 1 aliphatic rings. The van der Waals surface area contributed by atoms with E-state index in [9.17, 15) is 0 Å². The zero-order chi connectivity index (χ0) is 15.0. The van der Waals surface area contributed by atoms with Crippen molar-refractivity contribution in [3.8, 4) is 11.4 Å². The van der Waals surface area contributed by atoms with Crippen LogP contribution in [-0.4, -0.2) is 23.2 Å². The second kappa shape index (κ2) is 5.19. The molecule has 0 saturated carbocycles. The van der Waals surface area contributed by atoms with Crippen LogP contribution in [0.2, 0.25) is 0 Å². The van der Waals surface area contributed by atoms with Gasteiger partial charge >= 0.3 is 0 Å². The summed E-state index contributed by atoms with van der Waals surface area (Å²) < 4.78 is 7.69. The number of fused-ring (bicyclic) bond motifs is 1. The molecule has 0 fully saturated rings. The van der Waals surface area contributed by atoms with Gasteiger partial charge in [0, 0.05) is 36.7 Å². The van der Waals surface area contributed by atoms with E-state index >= 15 is 0 Å². The molecule has 112 valence electrons. The van der Waals surface area contributed by atoms with Crippen molar-refractivity contribution >= 4 is 0 Å². The number of rotatable bonds is 2. The lowest BCUT2D eigenvalue weighted by Gasteiger charge is -2.22. The third kappa shape index (κ3) is 2.56. The van der Waals surface area contributed by atoms with Crippen LogP contribution in [0.4, 0.5) is 0 Å². The summed E-state index contributed by atoms with van der Waals surface area (Å²) in [5.41, 5.74) is 3.64. The van der Waals surface area contributed by atoms with Crippen LogP contribution < -0.4 is 10.1 Å². The molecule has 0 radical (unpaired) electrons. The van der Waals surface area contributed by atoms with Crippen LogP contribution in [0.15, 0.2) is 24.3 Å². The molecule has 4 heteroatoms. The van der Waals surface area contributed by atoms with Crippen molar-refractivity contribution in [2.75, 3.05) is 13.7 Å². The number of methoxy groups -OCH3 is 1. The summed E-state index contributed by atoms with van der Waals surface area (Å²) in [5.74, 6) is 1.99. The molecule has 4 nitrogen and oxygen atoms in total. The fourth-order valence-corrected chi connectivity index (χ4v) is 2.84. The molecule has 0 bridgehead atoms. The van der Waals surface area contributed by atoms with Gasteiger partial charge in [0.2, 0.25) is 0 Å². The average molecular weight is 285 g/mol. The Hall–Kier alpha value is -1.81. The Kier molecular flexibility index (Phi) is 3.49. The first kappa shape index (κ1) is 14.1. The lowest BCUT2D eigenvalue weighted by Crippen LogP contribution is -2.25. The maximum absolute atomic E-state index is 5.38. The van der Waals surface area contributed by atoms with Crippen LogP contribution in [0.3, 0.4) is 0 Å². The molecule has 0 aliphatic carbocycles. The topological polar surface area (TPSA) is 39.1 Å². The maximum Gasteiger partial charge on any atom is 0.120 e. The van der Waals surface area contributed by atoms with E-state index in [2.05, 4.69) is 42.8 Å². The van der Waals surface area contributed by atoms with Gasteiger partial charge in [-0.2, -0.15) is 0 Å². The summed E-state index contributed by atoms with van der Waals surface area (Å²) in [4.78, 5) is 4.91.